The minimum Gasteiger partial charge on any atom is -0.359 e. The van der Waals surface area contributed by atoms with Crippen molar-refractivity contribution in [2.45, 2.75) is 119 Å². The molecule has 2 aromatic carbocycles. The van der Waals surface area contributed by atoms with Gasteiger partial charge >= 0.3 is 0 Å². The Morgan fingerprint density at radius 1 is 0.610 bits per heavy atom. The van der Waals surface area contributed by atoms with Crippen LogP contribution in [0.25, 0.3) is 0 Å². The molecule has 0 aromatic heterocycles. The third-order valence-electron chi connectivity index (χ3n) is 15.5. The van der Waals surface area contributed by atoms with Gasteiger partial charge in [0.25, 0.3) is 0 Å². The summed E-state index contributed by atoms with van der Waals surface area (Å²) in [4.78, 5) is 5.52. The van der Waals surface area contributed by atoms with Crippen LogP contribution < -0.4 is 15.3 Å². The van der Waals surface area contributed by atoms with E-state index in [1.807, 2.05) is 0 Å². The van der Waals surface area contributed by atoms with Crippen molar-refractivity contribution >= 4 is 23.6 Å². The molecule has 5 atom stereocenters. The Bertz CT molecular complexity index is 2320. The number of hydrogen-bond acceptors (Lipinski definition) is 2. The van der Waals surface area contributed by atoms with Gasteiger partial charge in [-0.1, -0.05) is 189 Å². The van der Waals surface area contributed by atoms with Gasteiger partial charge in [-0.2, -0.15) is 0 Å². The Balaban J connectivity index is 1.20. The highest BCUT2D eigenvalue weighted by molar-refractivity contribution is 6.89. The third-order valence-corrected chi connectivity index (χ3v) is 15.5. The number of nitrogens with zero attached hydrogens (tertiary/aromatic N) is 2. The maximum absolute atomic E-state index is 2.85. The Hall–Kier alpha value is -4.50. The van der Waals surface area contributed by atoms with E-state index in [9.17, 15) is 0 Å². The molecule has 7 aliphatic rings. The average Bonchev–Trinajstić information content (AvgIpc) is 3.23. The number of benzene rings is 2. The second kappa shape index (κ2) is 14.6. The van der Waals surface area contributed by atoms with Crippen molar-refractivity contribution in [3.63, 3.8) is 0 Å². The summed E-state index contributed by atoms with van der Waals surface area (Å²) in [6.07, 6.45) is 40.0. The van der Waals surface area contributed by atoms with E-state index in [1.165, 1.54) is 44.9 Å². The summed E-state index contributed by atoms with van der Waals surface area (Å²) in [6, 6.07) is 19.0. The smallest absolute Gasteiger partial charge is 0.242 e. The highest BCUT2D eigenvalue weighted by Gasteiger charge is 2.51. The molecular weight excluding hydrogens is 711 g/mol. The lowest BCUT2D eigenvalue weighted by molar-refractivity contribution is 0.291. The Morgan fingerprint density at radius 3 is 2.00 bits per heavy atom. The molecule has 5 unspecified atom stereocenters. The minimum absolute atomic E-state index is 0.0268. The zero-order chi connectivity index (χ0) is 41.5. The summed E-state index contributed by atoms with van der Waals surface area (Å²) < 4.78 is 0. The first-order chi connectivity index (χ1) is 28.0. The van der Waals surface area contributed by atoms with Crippen molar-refractivity contribution in [1.29, 1.82) is 0 Å². The largest absolute Gasteiger partial charge is 0.359 e. The van der Waals surface area contributed by atoms with Crippen molar-refractivity contribution in [2.75, 3.05) is 9.80 Å². The SMILES string of the molecule is CC(C)(C)C1=CCC(N2c3cccc4c3B(C3=CC(C(C)(C)C5C=CC=CC5)=CCC32)C2=C(C=CC(C(C)(C)C)C2)N4C2=CCC(C(C)(C)c3ccccc3)C=C2)C=C1. The molecule has 0 saturated heterocycles. The Labute approximate surface area is 357 Å². The fourth-order valence-corrected chi connectivity index (χ4v) is 11.4. The summed E-state index contributed by atoms with van der Waals surface area (Å²) in [5, 5.41) is 0. The van der Waals surface area contributed by atoms with Crippen LogP contribution in [0.4, 0.5) is 11.4 Å². The van der Waals surface area contributed by atoms with E-state index in [0.29, 0.717) is 29.8 Å². The fraction of sp³-hybridized carbons (Fsp3) is 0.429. The molecule has 0 saturated carbocycles. The first-order valence-electron chi connectivity index (χ1n) is 22.8. The molecule has 2 aromatic rings. The van der Waals surface area contributed by atoms with Crippen molar-refractivity contribution < 1.29 is 0 Å². The maximum atomic E-state index is 2.85. The zero-order valence-corrected chi connectivity index (χ0v) is 37.6. The molecule has 0 radical (unpaired) electrons. The molecule has 9 rings (SSSR count). The molecule has 2 nitrogen and oxygen atoms in total. The normalized spacial score (nSPS) is 26.5. The summed E-state index contributed by atoms with van der Waals surface area (Å²) in [7, 11) is 0. The number of anilines is 2. The van der Waals surface area contributed by atoms with Gasteiger partial charge in [-0.3, -0.25) is 0 Å². The lowest BCUT2D eigenvalue weighted by Crippen LogP contribution is -2.60. The van der Waals surface area contributed by atoms with Crippen LogP contribution in [0.3, 0.4) is 0 Å². The molecule has 3 heteroatoms. The molecule has 2 aliphatic heterocycles. The molecular formula is C56H67BN2. The average molecular weight is 779 g/mol. The van der Waals surface area contributed by atoms with Crippen molar-refractivity contribution in [3.8, 4) is 0 Å². The fourth-order valence-electron chi connectivity index (χ4n) is 11.4. The monoisotopic (exact) mass is 779 g/mol. The number of hydrogen-bond donors (Lipinski definition) is 0. The molecule has 0 bridgehead atoms. The van der Waals surface area contributed by atoms with Gasteiger partial charge in [0.05, 0.1) is 6.04 Å². The van der Waals surface area contributed by atoms with Crippen LogP contribution in [0.1, 0.15) is 107 Å². The molecule has 0 amide bonds. The van der Waals surface area contributed by atoms with Crippen LogP contribution in [0.2, 0.25) is 0 Å². The second-order valence-corrected chi connectivity index (χ2v) is 21.8. The van der Waals surface area contributed by atoms with E-state index >= 15 is 0 Å². The lowest BCUT2D eigenvalue weighted by atomic mass is 9.29. The van der Waals surface area contributed by atoms with Crippen LogP contribution in [0.15, 0.2) is 167 Å². The van der Waals surface area contributed by atoms with Crippen LogP contribution in [0.5, 0.6) is 0 Å². The van der Waals surface area contributed by atoms with Crippen LogP contribution in [-0.2, 0) is 5.41 Å². The van der Waals surface area contributed by atoms with E-state index in [0.717, 1.165) is 32.1 Å². The van der Waals surface area contributed by atoms with E-state index in [2.05, 4.69) is 213 Å². The zero-order valence-electron chi connectivity index (χ0n) is 37.6. The first kappa shape index (κ1) is 39.9. The summed E-state index contributed by atoms with van der Waals surface area (Å²) in [6.45, 7) is 24.4. The number of allylic oxidation sites excluding steroid dienone is 14. The van der Waals surface area contributed by atoms with E-state index in [1.54, 1.807) is 10.9 Å². The Morgan fingerprint density at radius 2 is 1.34 bits per heavy atom. The van der Waals surface area contributed by atoms with Crippen molar-refractivity contribution in [2.24, 2.45) is 34.0 Å². The van der Waals surface area contributed by atoms with Gasteiger partial charge in [0.15, 0.2) is 0 Å². The van der Waals surface area contributed by atoms with Gasteiger partial charge < -0.3 is 9.80 Å². The van der Waals surface area contributed by atoms with E-state index in [-0.39, 0.29) is 28.4 Å². The third kappa shape index (κ3) is 6.89. The van der Waals surface area contributed by atoms with Crippen LogP contribution in [-0.4, -0.2) is 18.8 Å². The van der Waals surface area contributed by atoms with Crippen LogP contribution >= 0.6 is 0 Å². The van der Waals surface area contributed by atoms with Crippen molar-refractivity contribution in [1.82, 2.24) is 0 Å². The predicted molar refractivity (Wildman–Crippen MR) is 255 cm³/mol. The van der Waals surface area contributed by atoms with E-state index in [4.69, 9.17) is 0 Å². The maximum Gasteiger partial charge on any atom is 0.242 e. The van der Waals surface area contributed by atoms with Gasteiger partial charge in [-0.15, -0.1) is 0 Å². The van der Waals surface area contributed by atoms with Gasteiger partial charge in [0.1, 0.15) is 0 Å². The molecule has 0 N–H and O–H groups in total. The van der Waals surface area contributed by atoms with Gasteiger partial charge in [0.2, 0.25) is 6.71 Å². The molecule has 5 aliphatic carbocycles. The minimum atomic E-state index is 0.0268. The molecule has 0 spiro atoms. The topological polar surface area (TPSA) is 6.48 Å². The quantitative estimate of drug-likeness (QED) is 0.270. The predicted octanol–water partition coefficient (Wildman–Crippen LogP) is 13.5. The van der Waals surface area contributed by atoms with E-state index < -0.39 is 0 Å². The number of fused-ring (bicyclic) bond motifs is 3. The molecule has 2 heterocycles. The van der Waals surface area contributed by atoms with Gasteiger partial charge in [-0.05, 0) is 118 Å². The lowest BCUT2D eigenvalue weighted by Gasteiger charge is -2.53. The van der Waals surface area contributed by atoms with Gasteiger partial charge in [-0.25, -0.2) is 0 Å². The highest BCUT2D eigenvalue weighted by atomic mass is 15.2. The van der Waals surface area contributed by atoms with Crippen molar-refractivity contribution in [3.05, 3.63) is 173 Å². The van der Waals surface area contributed by atoms with Gasteiger partial charge in [0, 0.05) is 28.8 Å². The summed E-state index contributed by atoms with van der Waals surface area (Å²) >= 11 is 0. The molecule has 304 valence electrons. The second-order valence-electron chi connectivity index (χ2n) is 21.8. The number of rotatable bonds is 6. The molecule has 0 fully saturated rings. The summed E-state index contributed by atoms with van der Waals surface area (Å²) in [5.74, 6) is 1.38. The highest BCUT2D eigenvalue weighted by Crippen LogP contribution is 2.52. The van der Waals surface area contributed by atoms with Crippen LogP contribution in [0, 0.1) is 34.0 Å². The molecule has 59 heavy (non-hydrogen) atoms. The Kier molecular flexibility index (Phi) is 9.88. The first-order valence-corrected chi connectivity index (χ1v) is 22.8. The standard InChI is InChI=1S/C56H67BN2/c1-53(2,3)38-24-30-44(31-25-38)58-49-35-29-43(56(9,10)40-20-15-12-16-21-40)37-47(49)57-46-36-42(54(4,5)6)28-34-48(46)59(51-23-17-22-50(58)52(51)57)45-32-26-41(27-33-45)55(7,8)39-18-13-11-14-19-39/h11-20,22-26,28-30,32-34,37,40-42,44,49H,21,27,31,35-36H2,1-10H3. The summed E-state index contributed by atoms with van der Waals surface area (Å²) in [5.41, 5.74) is 14.9.